The standard InChI is InChI=1S/C24H30N4O2/c1-18-22(19(2)28(26-18)17-20-10-6-5-7-11-20)16-25-24(29)21-12-8-9-13-23(21)30-15-14-27(3)4/h5-13H,14-17H2,1-4H3,(H,25,29). The fraction of sp³-hybridized carbons (Fsp3) is 0.333. The lowest BCUT2D eigenvalue weighted by Crippen LogP contribution is -2.25. The molecule has 0 aliphatic carbocycles. The summed E-state index contributed by atoms with van der Waals surface area (Å²) in [7, 11) is 3.98. The fourth-order valence-electron chi connectivity index (χ4n) is 3.28. The molecule has 30 heavy (non-hydrogen) atoms. The number of nitrogens with zero attached hydrogens (tertiary/aromatic N) is 3. The summed E-state index contributed by atoms with van der Waals surface area (Å²) in [5.41, 5.74) is 4.78. The van der Waals surface area contributed by atoms with Gasteiger partial charge in [-0.1, -0.05) is 42.5 Å². The van der Waals surface area contributed by atoms with Crippen LogP contribution in [0.25, 0.3) is 0 Å². The highest BCUT2D eigenvalue weighted by atomic mass is 16.5. The number of likely N-dealkylation sites (N-methyl/N-ethyl adjacent to an activating group) is 1. The fourth-order valence-corrected chi connectivity index (χ4v) is 3.28. The van der Waals surface area contributed by atoms with E-state index in [1.165, 1.54) is 5.56 Å². The van der Waals surface area contributed by atoms with E-state index >= 15 is 0 Å². The van der Waals surface area contributed by atoms with Crippen LogP contribution in [0.4, 0.5) is 0 Å². The number of amides is 1. The van der Waals surface area contributed by atoms with Gasteiger partial charge >= 0.3 is 0 Å². The molecule has 0 spiro atoms. The number of para-hydroxylation sites is 1. The summed E-state index contributed by atoms with van der Waals surface area (Å²) in [5.74, 6) is 0.454. The SMILES string of the molecule is Cc1nn(Cc2ccccc2)c(C)c1CNC(=O)c1ccccc1OCCN(C)C. The van der Waals surface area contributed by atoms with Crippen LogP contribution in [0.1, 0.15) is 32.9 Å². The Morgan fingerprint density at radius 3 is 2.50 bits per heavy atom. The van der Waals surface area contributed by atoms with Crippen LogP contribution in [-0.4, -0.2) is 47.8 Å². The smallest absolute Gasteiger partial charge is 0.255 e. The van der Waals surface area contributed by atoms with Crippen LogP contribution in [0.15, 0.2) is 54.6 Å². The van der Waals surface area contributed by atoms with Gasteiger partial charge in [-0.05, 0) is 45.6 Å². The highest BCUT2D eigenvalue weighted by Gasteiger charge is 2.16. The highest BCUT2D eigenvalue weighted by Crippen LogP contribution is 2.19. The summed E-state index contributed by atoms with van der Waals surface area (Å²) in [6.07, 6.45) is 0. The van der Waals surface area contributed by atoms with Crippen molar-refractivity contribution in [2.24, 2.45) is 0 Å². The summed E-state index contributed by atoms with van der Waals surface area (Å²) >= 11 is 0. The van der Waals surface area contributed by atoms with Crippen molar-refractivity contribution >= 4 is 5.91 Å². The Bertz CT molecular complexity index is 980. The highest BCUT2D eigenvalue weighted by molar-refractivity contribution is 5.96. The number of benzene rings is 2. The maximum absolute atomic E-state index is 12.8. The molecule has 1 heterocycles. The Morgan fingerprint density at radius 2 is 1.77 bits per heavy atom. The Morgan fingerprint density at radius 1 is 1.07 bits per heavy atom. The Hall–Kier alpha value is -3.12. The third kappa shape index (κ3) is 5.48. The first-order chi connectivity index (χ1) is 14.5. The van der Waals surface area contributed by atoms with Gasteiger partial charge < -0.3 is 15.0 Å². The van der Waals surface area contributed by atoms with E-state index in [4.69, 9.17) is 4.74 Å². The molecule has 0 aliphatic rings. The normalized spacial score (nSPS) is 11.0. The van der Waals surface area contributed by atoms with E-state index in [2.05, 4.69) is 22.5 Å². The topological polar surface area (TPSA) is 59.4 Å². The molecule has 1 amide bonds. The van der Waals surface area contributed by atoms with Crippen molar-refractivity contribution in [2.75, 3.05) is 27.2 Å². The predicted molar refractivity (Wildman–Crippen MR) is 119 cm³/mol. The molecule has 1 aromatic heterocycles. The van der Waals surface area contributed by atoms with Crippen LogP contribution in [0.5, 0.6) is 5.75 Å². The van der Waals surface area contributed by atoms with E-state index in [0.29, 0.717) is 31.0 Å². The van der Waals surface area contributed by atoms with Gasteiger partial charge in [0.05, 0.1) is 17.8 Å². The van der Waals surface area contributed by atoms with Gasteiger partial charge in [0.15, 0.2) is 0 Å². The molecule has 0 bridgehead atoms. The van der Waals surface area contributed by atoms with Crippen molar-refractivity contribution in [3.8, 4) is 5.75 Å². The van der Waals surface area contributed by atoms with Crippen molar-refractivity contribution in [2.45, 2.75) is 26.9 Å². The number of ether oxygens (including phenoxy) is 1. The van der Waals surface area contributed by atoms with Gasteiger partial charge in [0.2, 0.25) is 0 Å². The lowest BCUT2D eigenvalue weighted by molar-refractivity contribution is 0.0946. The maximum Gasteiger partial charge on any atom is 0.255 e. The van der Waals surface area contributed by atoms with Gasteiger partial charge in [0.25, 0.3) is 5.91 Å². The molecule has 2 aromatic carbocycles. The first-order valence-electron chi connectivity index (χ1n) is 10.2. The molecule has 0 atom stereocenters. The summed E-state index contributed by atoms with van der Waals surface area (Å²) in [6, 6.07) is 17.6. The van der Waals surface area contributed by atoms with E-state index < -0.39 is 0 Å². The van der Waals surface area contributed by atoms with Gasteiger partial charge in [0, 0.05) is 24.3 Å². The number of hydrogen-bond acceptors (Lipinski definition) is 4. The van der Waals surface area contributed by atoms with E-state index in [0.717, 1.165) is 23.5 Å². The lowest BCUT2D eigenvalue weighted by Gasteiger charge is -2.14. The Labute approximate surface area is 178 Å². The largest absolute Gasteiger partial charge is 0.491 e. The van der Waals surface area contributed by atoms with Crippen LogP contribution < -0.4 is 10.1 Å². The van der Waals surface area contributed by atoms with E-state index in [1.807, 2.05) is 73.9 Å². The van der Waals surface area contributed by atoms with Gasteiger partial charge in [-0.3, -0.25) is 9.48 Å². The average Bonchev–Trinajstić information content (AvgIpc) is 2.99. The van der Waals surface area contributed by atoms with Gasteiger partial charge in [0.1, 0.15) is 12.4 Å². The number of carbonyl (C=O) groups excluding carboxylic acids is 1. The van der Waals surface area contributed by atoms with E-state index in [-0.39, 0.29) is 5.91 Å². The monoisotopic (exact) mass is 406 g/mol. The number of nitrogens with one attached hydrogen (secondary N) is 1. The summed E-state index contributed by atoms with van der Waals surface area (Å²) in [4.78, 5) is 14.9. The first-order valence-corrected chi connectivity index (χ1v) is 10.2. The number of aryl methyl sites for hydroxylation is 1. The average molecular weight is 407 g/mol. The molecule has 0 radical (unpaired) electrons. The lowest BCUT2D eigenvalue weighted by atomic mass is 10.1. The molecule has 0 saturated heterocycles. The molecule has 3 rings (SSSR count). The summed E-state index contributed by atoms with van der Waals surface area (Å²) < 4.78 is 7.81. The van der Waals surface area contributed by atoms with Crippen LogP contribution in [0.3, 0.4) is 0 Å². The third-order valence-corrected chi connectivity index (χ3v) is 5.06. The molecule has 3 aromatic rings. The molecular weight excluding hydrogens is 376 g/mol. The van der Waals surface area contributed by atoms with Crippen molar-refractivity contribution in [1.29, 1.82) is 0 Å². The zero-order valence-electron chi connectivity index (χ0n) is 18.2. The second kappa shape index (κ2) is 10.1. The number of hydrogen-bond donors (Lipinski definition) is 1. The van der Waals surface area contributed by atoms with E-state index in [1.54, 1.807) is 6.07 Å². The minimum absolute atomic E-state index is 0.148. The molecule has 0 aliphatic heterocycles. The predicted octanol–water partition coefficient (Wildman–Crippen LogP) is 3.42. The van der Waals surface area contributed by atoms with Crippen LogP contribution in [0.2, 0.25) is 0 Å². The number of rotatable bonds is 9. The molecular formula is C24H30N4O2. The molecule has 6 nitrogen and oxygen atoms in total. The number of carbonyl (C=O) groups is 1. The van der Waals surface area contributed by atoms with Crippen LogP contribution in [-0.2, 0) is 13.1 Å². The number of aromatic nitrogens is 2. The van der Waals surface area contributed by atoms with Crippen LogP contribution >= 0.6 is 0 Å². The maximum atomic E-state index is 12.8. The zero-order valence-corrected chi connectivity index (χ0v) is 18.2. The van der Waals surface area contributed by atoms with Gasteiger partial charge in [-0.15, -0.1) is 0 Å². The van der Waals surface area contributed by atoms with Crippen molar-refractivity contribution in [3.63, 3.8) is 0 Å². The molecule has 0 unspecified atom stereocenters. The Kier molecular flexibility index (Phi) is 7.25. The first kappa shape index (κ1) is 21.6. The van der Waals surface area contributed by atoms with Gasteiger partial charge in [-0.25, -0.2) is 0 Å². The summed E-state index contributed by atoms with van der Waals surface area (Å²) in [6.45, 7) is 6.48. The minimum Gasteiger partial charge on any atom is -0.491 e. The minimum atomic E-state index is -0.148. The van der Waals surface area contributed by atoms with Crippen molar-refractivity contribution < 1.29 is 9.53 Å². The molecule has 1 N–H and O–H groups in total. The van der Waals surface area contributed by atoms with E-state index in [9.17, 15) is 4.79 Å². The van der Waals surface area contributed by atoms with Gasteiger partial charge in [-0.2, -0.15) is 5.10 Å². The molecule has 0 saturated carbocycles. The molecule has 6 heteroatoms. The third-order valence-electron chi connectivity index (χ3n) is 5.06. The van der Waals surface area contributed by atoms with Crippen molar-refractivity contribution in [1.82, 2.24) is 20.0 Å². The second-order valence-corrected chi connectivity index (χ2v) is 7.62. The zero-order chi connectivity index (χ0) is 21.5. The molecule has 0 fully saturated rings. The summed E-state index contributed by atoms with van der Waals surface area (Å²) in [5, 5.41) is 7.70. The molecule has 158 valence electrons. The quantitative estimate of drug-likeness (QED) is 0.592. The van der Waals surface area contributed by atoms with Crippen molar-refractivity contribution in [3.05, 3.63) is 82.7 Å². The Balaban J connectivity index is 1.67. The van der Waals surface area contributed by atoms with Crippen LogP contribution in [0, 0.1) is 13.8 Å². The second-order valence-electron chi connectivity index (χ2n) is 7.62.